The molecule has 14 heavy (non-hydrogen) atoms. The summed E-state index contributed by atoms with van der Waals surface area (Å²) < 4.78 is 10.5. The molecule has 1 aromatic rings. The smallest absolute Gasteiger partial charge is 0.351 e. The van der Waals surface area contributed by atoms with E-state index in [1.165, 1.54) is 37.3 Å². The molecular weight excluding hydrogens is 244 g/mol. The Morgan fingerprint density at radius 1 is 1.50 bits per heavy atom. The summed E-state index contributed by atoms with van der Waals surface area (Å²) in [6.45, 7) is 0. The number of esters is 1. The summed E-state index contributed by atoms with van der Waals surface area (Å²) in [6.07, 6.45) is 1.89. The van der Waals surface area contributed by atoms with Crippen molar-refractivity contribution >= 4 is 40.7 Å². The van der Waals surface area contributed by atoms with Gasteiger partial charge in [-0.05, 0) is 6.26 Å². The van der Waals surface area contributed by atoms with Crippen LogP contribution in [0.2, 0.25) is 5.02 Å². The maximum absolute atomic E-state index is 11.3. The fraction of sp³-hybridized carbons (Fsp3) is 0.375. The molecule has 0 atom stereocenters. The fourth-order valence-corrected chi connectivity index (χ4v) is 3.16. The van der Waals surface area contributed by atoms with Crippen LogP contribution in [0.4, 0.5) is 0 Å². The first-order valence-electron chi connectivity index (χ1n) is 3.64. The first-order valence-corrected chi connectivity index (χ1v) is 6.06. The number of carbonyl (C=O) groups is 1. The van der Waals surface area contributed by atoms with E-state index in [2.05, 4.69) is 4.74 Å². The van der Waals surface area contributed by atoms with E-state index >= 15 is 0 Å². The molecule has 0 aliphatic carbocycles. The lowest BCUT2D eigenvalue weighted by Crippen LogP contribution is -2.00. The van der Waals surface area contributed by atoms with E-state index < -0.39 is 5.97 Å². The molecule has 0 saturated carbocycles. The maximum atomic E-state index is 11.3. The Labute approximate surface area is 95.3 Å². The van der Waals surface area contributed by atoms with Crippen LogP contribution in [0.15, 0.2) is 4.21 Å². The van der Waals surface area contributed by atoms with Gasteiger partial charge in [0, 0.05) is 0 Å². The molecule has 0 bridgehead atoms. The van der Waals surface area contributed by atoms with Crippen LogP contribution in [-0.4, -0.2) is 26.4 Å². The van der Waals surface area contributed by atoms with Crippen molar-refractivity contribution in [2.75, 3.05) is 20.5 Å². The zero-order chi connectivity index (χ0) is 10.7. The Bertz CT molecular complexity index is 349. The topological polar surface area (TPSA) is 35.5 Å². The summed E-state index contributed by atoms with van der Waals surface area (Å²) in [4.78, 5) is 11.7. The molecule has 0 amide bonds. The van der Waals surface area contributed by atoms with Gasteiger partial charge in [-0.3, -0.25) is 0 Å². The van der Waals surface area contributed by atoms with Crippen molar-refractivity contribution in [1.29, 1.82) is 0 Å². The largest absolute Gasteiger partial charge is 0.493 e. The fourth-order valence-electron chi connectivity index (χ4n) is 0.917. The maximum Gasteiger partial charge on any atom is 0.351 e. The van der Waals surface area contributed by atoms with Gasteiger partial charge in [0.2, 0.25) is 0 Å². The third-order valence-electron chi connectivity index (χ3n) is 1.54. The van der Waals surface area contributed by atoms with Crippen LogP contribution in [0.1, 0.15) is 9.67 Å². The SMILES string of the molecule is COC(=O)c1sc(SC)c(Cl)c1OC. The van der Waals surface area contributed by atoms with Crippen LogP contribution in [0.5, 0.6) is 5.75 Å². The van der Waals surface area contributed by atoms with Crippen LogP contribution >= 0.6 is 34.7 Å². The van der Waals surface area contributed by atoms with Crippen LogP contribution in [-0.2, 0) is 4.74 Å². The Hall–Kier alpha value is -0.390. The lowest BCUT2D eigenvalue weighted by atomic mass is 10.4. The predicted molar refractivity (Wildman–Crippen MR) is 59.0 cm³/mol. The summed E-state index contributed by atoms with van der Waals surface area (Å²) >= 11 is 8.73. The number of thioether (sulfide) groups is 1. The third-order valence-corrected chi connectivity index (χ3v) is 4.40. The number of thiophene rings is 1. The van der Waals surface area contributed by atoms with Gasteiger partial charge < -0.3 is 9.47 Å². The van der Waals surface area contributed by atoms with E-state index in [0.29, 0.717) is 15.6 Å². The molecule has 3 nitrogen and oxygen atoms in total. The summed E-state index contributed by atoms with van der Waals surface area (Å²) in [6, 6.07) is 0. The lowest BCUT2D eigenvalue weighted by Gasteiger charge is -2.00. The van der Waals surface area contributed by atoms with Crippen LogP contribution in [0.3, 0.4) is 0 Å². The van der Waals surface area contributed by atoms with Gasteiger partial charge in [0.1, 0.15) is 5.02 Å². The predicted octanol–water partition coefficient (Wildman–Crippen LogP) is 2.92. The molecule has 0 spiro atoms. The van der Waals surface area contributed by atoms with Gasteiger partial charge in [-0.15, -0.1) is 23.1 Å². The second kappa shape index (κ2) is 4.91. The first kappa shape index (κ1) is 11.7. The number of rotatable bonds is 3. The van der Waals surface area contributed by atoms with Crippen molar-refractivity contribution in [2.24, 2.45) is 0 Å². The lowest BCUT2D eigenvalue weighted by molar-refractivity contribution is 0.0603. The quantitative estimate of drug-likeness (QED) is 0.612. The van der Waals surface area contributed by atoms with E-state index in [4.69, 9.17) is 16.3 Å². The highest BCUT2D eigenvalue weighted by Crippen LogP contribution is 2.44. The third kappa shape index (κ3) is 1.99. The van der Waals surface area contributed by atoms with E-state index in [9.17, 15) is 4.79 Å². The van der Waals surface area contributed by atoms with Crippen molar-refractivity contribution in [2.45, 2.75) is 4.21 Å². The highest BCUT2D eigenvalue weighted by molar-refractivity contribution is 8.00. The van der Waals surface area contributed by atoms with Gasteiger partial charge in [-0.2, -0.15) is 0 Å². The van der Waals surface area contributed by atoms with Crippen LogP contribution in [0, 0.1) is 0 Å². The molecule has 0 saturated heterocycles. The molecule has 6 heteroatoms. The van der Waals surface area contributed by atoms with Crippen molar-refractivity contribution in [3.05, 3.63) is 9.90 Å². The minimum Gasteiger partial charge on any atom is -0.493 e. The summed E-state index contributed by atoms with van der Waals surface area (Å²) in [5, 5.41) is 0.477. The molecule has 0 aromatic carbocycles. The highest BCUT2D eigenvalue weighted by atomic mass is 35.5. The number of hydrogen-bond donors (Lipinski definition) is 0. The molecule has 0 aliphatic rings. The second-order valence-electron chi connectivity index (χ2n) is 2.26. The Morgan fingerprint density at radius 2 is 2.14 bits per heavy atom. The van der Waals surface area contributed by atoms with Crippen LogP contribution in [0.25, 0.3) is 0 Å². The molecule has 0 radical (unpaired) electrons. The van der Waals surface area contributed by atoms with E-state index in [0.717, 1.165) is 4.21 Å². The number of methoxy groups -OCH3 is 2. The average Bonchev–Trinajstić information content (AvgIpc) is 2.53. The first-order chi connectivity index (χ1) is 6.65. The number of ether oxygens (including phenoxy) is 2. The molecule has 1 aromatic heterocycles. The van der Waals surface area contributed by atoms with Gasteiger partial charge in [0.25, 0.3) is 0 Å². The standard InChI is InChI=1S/C8H9ClO3S2/c1-11-5-4(9)8(13-3)14-6(5)7(10)12-2/h1-3H3. The van der Waals surface area contributed by atoms with Gasteiger partial charge in [-0.25, -0.2) is 4.79 Å². The highest BCUT2D eigenvalue weighted by Gasteiger charge is 2.22. The van der Waals surface area contributed by atoms with Gasteiger partial charge in [-0.1, -0.05) is 11.6 Å². The molecule has 0 fully saturated rings. The van der Waals surface area contributed by atoms with Gasteiger partial charge in [0.15, 0.2) is 10.6 Å². The molecule has 1 heterocycles. The summed E-state index contributed by atoms with van der Waals surface area (Å²) in [5.74, 6) is -0.0260. The Balaban J connectivity index is 3.22. The minimum absolute atomic E-state index is 0.396. The van der Waals surface area contributed by atoms with Gasteiger partial charge >= 0.3 is 5.97 Å². The molecular formula is C8H9ClO3S2. The van der Waals surface area contributed by atoms with Gasteiger partial charge in [0.05, 0.1) is 18.4 Å². The molecule has 1 rings (SSSR count). The molecule has 0 N–H and O–H groups in total. The normalized spacial score (nSPS) is 10.0. The van der Waals surface area contributed by atoms with Crippen LogP contribution < -0.4 is 4.74 Å². The average molecular weight is 253 g/mol. The summed E-state index contributed by atoms with van der Waals surface area (Å²) in [7, 11) is 2.80. The van der Waals surface area contributed by atoms with E-state index in [1.807, 2.05) is 6.26 Å². The Kier molecular flexibility index (Phi) is 4.10. The minimum atomic E-state index is -0.422. The van der Waals surface area contributed by atoms with E-state index in [1.54, 1.807) is 0 Å². The second-order valence-corrected chi connectivity index (χ2v) is 4.74. The molecule has 78 valence electrons. The molecule has 0 unspecified atom stereocenters. The Morgan fingerprint density at radius 3 is 2.57 bits per heavy atom. The van der Waals surface area contributed by atoms with Crippen molar-refractivity contribution in [3.8, 4) is 5.75 Å². The van der Waals surface area contributed by atoms with Crippen molar-refractivity contribution in [3.63, 3.8) is 0 Å². The number of carbonyl (C=O) groups excluding carboxylic acids is 1. The number of halogens is 1. The number of hydrogen-bond acceptors (Lipinski definition) is 5. The van der Waals surface area contributed by atoms with Crippen molar-refractivity contribution in [1.82, 2.24) is 0 Å². The van der Waals surface area contributed by atoms with Crippen molar-refractivity contribution < 1.29 is 14.3 Å². The molecule has 0 aliphatic heterocycles. The zero-order valence-electron chi connectivity index (χ0n) is 7.92. The monoisotopic (exact) mass is 252 g/mol. The van der Waals surface area contributed by atoms with E-state index in [-0.39, 0.29) is 0 Å². The summed E-state index contributed by atoms with van der Waals surface area (Å²) in [5.41, 5.74) is 0. The zero-order valence-corrected chi connectivity index (χ0v) is 10.3.